The Balaban J connectivity index is 1.94. The number of carbonyl (C=O) groups is 1. The monoisotopic (exact) mass is 252 g/mol. The molecule has 0 aromatic heterocycles. The zero-order valence-corrected chi connectivity index (χ0v) is 10.7. The zero-order chi connectivity index (χ0) is 13.2. The predicted molar refractivity (Wildman–Crippen MR) is 66.9 cm³/mol. The molecule has 2 rings (SSSR count). The van der Waals surface area contributed by atoms with Crippen molar-refractivity contribution in [1.82, 2.24) is 0 Å². The summed E-state index contributed by atoms with van der Waals surface area (Å²) in [4.78, 5) is 11.6. The highest BCUT2D eigenvalue weighted by Gasteiger charge is 2.57. The van der Waals surface area contributed by atoms with Gasteiger partial charge in [-0.1, -0.05) is 6.08 Å². The quantitative estimate of drug-likeness (QED) is 0.349. The van der Waals surface area contributed by atoms with Gasteiger partial charge in [-0.15, -0.1) is 6.58 Å². The Morgan fingerprint density at radius 1 is 1.67 bits per heavy atom. The van der Waals surface area contributed by atoms with Gasteiger partial charge in [0.05, 0.1) is 12.7 Å². The van der Waals surface area contributed by atoms with Crippen LogP contribution in [0.5, 0.6) is 0 Å². The molecule has 100 valence electrons. The molecule has 4 nitrogen and oxygen atoms in total. The molecule has 1 saturated carbocycles. The molecular formula is C14H20O4. The van der Waals surface area contributed by atoms with E-state index in [9.17, 15) is 4.79 Å². The lowest BCUT2D eigenvalue weighted by atomic mass is 9.81. The summed E-state index contributed by atoms with van der Waals surface area (Å²) in [5.41, 5.74) is 0.310. The van der Waals surface area contributed by atoms with Gasteiger partial charge < -0.3 is 14.6 Å². The smallest absolute Gasteiger partial charge is 0.333 e. The predicted octanol–water partition coefficient (Wildman–Crippen LogP) is 1.59. The molecule has 0 radical (unpaired) electrons. The van der Waals surface area contributed by atoms with Crippen LogP contribution in [0.3, 0.4) is 0 Å². The van der Waals surface area contributed by atoms with E-state index in [0.29, 0.717) is 11.5 Å². The van der Waals surface area contributed by atoms with Gasteiger partial charge in [-0.3, -0.25) is 0 Å². The van der Waals surface area contributed by atoms with Gasteiger partial charge >= 0.3 is 5.97 Å². The summed E-state index contributed by atoms with van der Waals surface area (Å²) in [6, 6.07) is 0. The van der Waals surface area contributed by atoms with Crippen LogP contribution in [0.2, 0.25) is 0 Å². The molecule has 3 unspecified atom stereocenters. The Hall–Kier alpha value is -1.13. The van der Waals surface area contributed by atoms with Crippen LogP contribution in [0.4, 0.5) is 0 Å². The molecule has 1 aliphatic carbocycles. The number of ether oxygens (including phenoxy) is 2. The van der Waals surface area contributed by atoms with Gasteiger partial charge in [-0.25, -0.2) is 4.79 Å². The molecule has 1 heterocycles. The Kier molecular flexibility index (Phi) is 3.88. The topological polar surface area (TPSA) is 59.1 Å². The van der Waals surface area contributed by atoms with Crippen molar-refractivity contribution in [3.63, 3.8) is 0 Å². The van der Waals surface area contributed by atoms with Crippen molar-refractivity contribution >= 4 is 5.97 Å². The third-order valence-electron chi connectivity index (χ3n) is 3.71. The zero-order valence-electron chi connectivity index (χ0n) is 10.7. The summed E-state index contributed by atoms with van der Waals surface area (Å²) in [5, 5.41) is 8.60. The summed E-state index contributed by atoms with van der Waals surface area (Å²) in [7, 11) is 0. The van der Waals surface area contributed by atoms with E-state index < -0.39 is 0 Å². The van der Waals surface area contributed by atoms with E-state index >= 15 is 0 Å². The first-order valence-electron chi connectivity index (χ1n) is 6.39. The lowest BCUT2D eigenvalue weighted by Gasteiger charge is -2.20. The van der Waals surface area contributed by atoms with Gasteiger partial charge in [0, 0.05) is 5.57 Å². The third kappa shape index (κ3) is 2.65. The minimum Gasteiger partial charge on any atom is -0.460 e. The van der Waals surface area contributed by atoms with Gasteiger partial charge in [0.2, 0.25) is 0 Å². The number of fused-ring (bicyclic) bond motifs is 1. The number of epoxide rings is 1. The lowest BCUT2D eigenvalue weighted by molar-refractivity contribution is -0.139. The fourth-order valence-electron chi connectivity index (χ4n) is 2.59. The van der Waals surface area contributed by atoms with E-state index in [2.05, 4.69) is 6.58 Å². The van der Waals surface area contributed by atoms with E-state index in [4.69, 9.17) is 14.6 Å². The van der Waals surface area contributed by atoms with E-state index in [1.807, 2.05) is 12.2 Å². The molecule has 0 bridgehead atoms. The molecule has 0 aromatic carbocycles. The Morgan fingerprint density at radius 2 is 2.44 bits per heavy atom. The molecule has 0 amide bonds. The van der Waals surface area contributed by atoms with Crippen molar-refractivity contribution in [2.24, 2.45) is 5.92 Å². The van der Waals surface area contributed by atoms with Crippen LogP contribution in [0, 0.1) is 5.92 Å². The first-order valence-corrected chi connectivity index (χ1v) is 6.39. The van der Waals surface area contributed by atoms with Crippen LogP contribution in [0.25, 0.3) is 0 Å². The molecule has 0 spiro atoms. The fraction of sp³-hybridized carbons (Fsp3) is 0.643. The third-order valence-corrected chi connectivity index (χ3v) is 3.71. The van der Waals surface area contributed by atoms with Crippen LogP contribution in [0.15, 0.2) is 24.3 Å². The molecule has 18 heavy (non-hydrogen) atoms. The maximum Gasteiger partial charge on any atom is 0.333 e. The highest BCUT2D eigenvalue weighted by Crippen LogP contribution is 2.51. The standard InChI is InChI=1S/C14H20O4/c1-3-11-4-5-14(12(8-11)18-14)9-10(2)13(16)17-7-6-15/h3,9,11-12,15H,1,4-8H2,2H3. The first kappa shape index (κ1) is 13.3. The fourth-order valence-corrected chi connectivity index (χ4v) is 2.59. The largest absolute Gasteiger partial charge is 0.460 e. The number of allylic oxidation sites excluding steroid dienone is 1. The number of esters is 1. The highest BCUT2D eigenvalue weighted by atomic mass is 16.6. The lowest BCUT2D eigenvalue weighted by Crippen LogP contribution is -2.23. The van der Waals surface area contributed by atoms with Crippen molar-refractivity contribution in [3.8, 4) is 0 Å². The minimum absolute atomic E-state index is 0.0415. The van der Waals surface area contributed by atoms with Crippen molar-refractivity contribution in [3.05, 3.63) is 24.3 Å². The van der Waals surface area contributed by atoms with Crippen molar-refractivity contribution in [2.45, 2.75) is 37.9 Å². The van der Waals surface area contributed by atoms with Crippen LogP contribution in [-0.2, 0) is 14.3 Å². The van der Waals surface area contributed by atoms with Crippen LogP contribution >= 0.6 is 0 Å². The van der Waals surface area contributed by atoms with E-state index in [1.165, 1.54) is 0 Å². The summed E-state index contributed by atoms with van der Waals surface area (Å²) in [5.74, 6) is 0.152. The molecule has 2 aliphatic rings. The maximum absolute atomic E-state index is 11.6. The number of rotatable bonds is 5. The average Bonchev–Trinajstić information content (AvgIpc) is 3.08. The molecule has 2 fully saturated rings. The molecule has 1 aliphatic heterocycles. The Morgan fingerprint density at radius 3 is 3.06 bits per heavy atom. The summed E-state index contributed by atoms with van der Waals surface area (Å²) in [6.45, 7) is 5.44. The van der Waals surface area contributed by atoms with E-state index in [-0.39, 0.29) is 30.9 Å². The van der Waals surface area contributed by atoms with E-state index in [0.717, 1.165) is 19.3 Å². The van der Waals surface area contributed by atoms with Gasteiger partial charge in [0.25, 0.3) is 0 Å². The average molecular weight is 252 g/mol. The molecule has 1 saturated heterocycles. The Labute approximate surface area is 107 Å². The molecule has 0 aromatic rings. The Bertz CT molecular complexity index is 374. The highest BCUT2D eigenvalue weighted by molar-refractivity contribution is 5.88. The van der Waals surface area contributed by atoms with Crippen LogP contribution < -0.4 is 0 Å². The molecule has 4 heteroatoms. The SMILES string of the molecule is C=CC1CCC2(C=C(C)C(=O)OCCO)OC2C1. The second kappa shape index (κ2) is 5.24. The van der Waals surface area contributed by atoms with Crippen LogP contribution in [0.1, 0.15) is 26.2 Å². The van der Waals surface area contributed by atoms with Gasteiger partial charge in [0.1, 0.15) is 12.2 Å². The molecular weight excluding hydrogens is 232 g/mol. The summed E-state index contributed by atoms with van der Waals surface area (Å²) < 4.78 is 10.6. The van der Waals surface area contributed by atoms with Gasteiger partial charge in [0.15, 0.2) is 0 Å². The summed E-state index contributed by atoms with van der Waals surface area (Å²) in [6.07, 6.45) is 7.05. The number of carbonyl (C=O) groups excluding carboxylic acids is 1. The second-order valence-corrected chi connectivity index (χ2v) is 5.02. The number of hydrogen-bond acceptors (Lipinski definition) is 4. The normalized spacial score (nSPS) is 34.7. The van der Waals surface area contributed by atoms with Crippen molar-refractivity contribution in [2.75, 3.05) is 13.2 Å². The molecule has 3 atom stereocenters. The van der Waals surface area contributed by atoms with Gasteiger partial charge in [-0.05, 0) is 38.2 Å². The van der Waals surface area contributed by atoms with E-state index in [1.54, 1.807) is 6.92 Å². The minimum atomic E-state index is -0.376. The first-order chi connectivity index (χ1) is 8.61. The van der Waals surface area contributed by atoms with Crippen molar-refractivity contribution < 1.29 is 19.4 Å². The number of hydrogen-bond donors (Lipinski definition) is 1. The maximum atomic E-state index is 11.6. The summed E-state index contributed by atoms with van der Waals surface area (Å²) >= 11 is 0. The van der Waals surface area contributed by atoms with Crippen molar-refractivity contribution in [1.29, 1.82) is 0 Å². The second-order valence-electron chi connectivity index (χ2n) is 5.02. The molecule has 1 N–H and O–H groups in total. The van der Waals surface area contributed by atoms with Gasteiger partial charge in [-0.2, -0.15) is 0 Å². The van der Waals surface area contributed by atoms with Crippen LogP contribution in [-0.4, -0.2) is 36.0 Å². The number of aliphatic hydroxyl groups is 1. The number of aliphatic hydroxyl groups excluding tert-OH is 1.